The lowest BCUT2D eigenvalue weighted by Gasteiger charge is -1.93. The third-order valence-corrected chi connectivity index (χ3v) is 3.15. The van der Waals surface area contributed by atoms with Gasteiger partial charge in [-0.25, -0.2) is 4.98 Å². The third kappa shape index (κ3) is 2.79. The highest BCUT2D eigenvalue weighted by molar-refractivity contribution is 5.77. The molecule has 0 radical (unpaired) electrons. The van der Waals surface area contributed by atoms with Gasteiger partial charge in [-0.2, -0.15) is 0 Å². The van der Waals surface area contributed by atoms with Gasteiger partial charge in [0.05, 0.1) is 5.69 Å². The Kier molecular flexibility index (Phi) is 3.43. The van der Waals surface area contributed by atoms with E-state index in [0.717, 1.165) is 29.5 Å². The summed E-state index contributed by atoms with van der Waals surface area (Å²) in [5.41, 5.74) is 3.85. The molecule has 3 aromatic rings. The smallest absolute Gasteiger partial charge is 0.151 e. The Morgan fingerprint density at radius 3 is 2.14 bits per heavy atom. The van der Waals surface area contributed by atoms with Crippen LogP contribution in [0.3, 0.4) is 0 Å². The minimum atomic E-state index is 0.611. The van der Waals surface area contributed by atoms with E-state index in [2.05, 4.69) is 4.98 Å². The van der Waals surface area contributed by atoms with E-state index < -0.39 is 0 Å². The number of benzene rings is 1. The largest absolute Gasteiger partial charge is 0.306 e. The first-order chi connectivity index (χ1) is 10.3. The molecule has 3 rings (SSSR count). The normalized spacial score (nSPS) is 11.0. The number of rotatable bonds is 4. The molecule has 2 heterocycles. The van der Waals surface area contributed by atoms with E-state index in [1.165, 1.54) is 0 Å². The maximum atomic E-state index is 10.7. The van der Waals surface area contributed by atoms with Crippen LogP contribution in [0.15, 0.2) is 48.8 Å². The Labute approximate surface area is 121 Å². The number of aldehydes is 2. The standard InChI is InChI=1S/C17H12N2O2/c20-11-14-3-1-13(2-4-14)5-7-16-10-19-9-15(12-21)6-8-17(19)18-16/h1-12H/b7-5+. The molecule has 102 valence electrons. The van der Waals surface area contributed by atoms with E-state index in [-0.39, 0.29) is 0 Å². The van der Waals surface area contributed by atoms with Gasteiger partial charge in [0.25, 0.3) is 0 Å². The highest BCUT2D eigenvalue weighted by Crippen LogP contribution is 2.11. The van der Waals surface area contributed by atoms with Crippen molar-refractivity contribution >= 4 is 30.4 Å². The van der Waals surface area contributed by atoms with E-state index in [1.54, 1.807) is 30.5 Å². The number of aromatic nitrogens is 2. The van der Waals surface area contributed by atoms with Crippen LogP contribution in [0.5, 0.6) is 0 Å². The molecular weight excluding hydrogens is 264 g/mol. The lowest BCUT2D eigenvalue weighted by atomic mass is 10.1. The molecule has 0 saturated heterocycles. The lowest BCUT2D eigenvalue weighted by Crippen LogP contribution is -1.86. The molecule has 0 atom stereocenters. The molecule has 0 bridgehead atoms. The topological polar surface area (TPSA) is 51.4 Å². The van der Waals surface area contributed by atoms with E-state index in [9.17, 15) is 9.59 Å². The zero-order valence-corrected chi connectivity index (χ0v) is 11.1. The van der Waals surface area contributed by atoms with E-state index >= 15 is 0 Å². The summed E-state index contributed by atoms with van der Waals surface area (Å²) in [5.74, 6) is 0. The number of nitrogens with zero attached hydrogens (tertiary/aromatic N) is 2. The van der Waals surface area contributed by atoms with E-state index in [4.69, 9.17) is 0 Å². The zero-order valence-electron chi connectivity index (χ0n) is 11.1. The Morgan fingerprint density at radius 2 is 1.43 bits per heavy atom. The van der Waals surface area contributed by atoms with Crippen molar-refractivity contribution in [3.05, 3.63) is 71.2 Å². The monoisotopic (exact) mass is 276 g/mol. The van der Waals surface area contributed by atoms with Gasteiger partial charge in [0.15, 0.2) is 6.29 Å². The zero-order chi connectivity index (χ0) is 14.7. The van der Waals surface area contributed by atoms with Gasteiger partial charge in [-0.1, -0.05) is 30.3 Å². The van der Waals surface area contributed by atoms with Crippen LogP contribution in [0, 0.1) is 0 Å². The fraction of sp³-hybridized carbons (Fsp3) is 0. The van der Waals surface area contributed by atoms with Crippen LogP contribution in [0.25, 0.3) is 17.8 Å². The Balaban J connectivity index is 1.87. The average molecular weight is 276 g/mol. The van der Waals surface area contributed by atoms with Crippen LogP contribution < -0.4 is 0 Å². The predicted molar refractivity (Wildman–Crippen MR) is 81.3 cm³/mol. The predicted octanol–water partition coefficient (Wildman–Crippen LogP) is 3.13. The SMILES string of the molecule is O=Cc1ccc(/C=C/c2cn3cc(C=O)ccc3n2)cc1. The molecule has 4 heteroatoms. The van der Waals surface area contributed by atoms with Crippen molar-refractivity contribution in [1.29, 1.82) is 0 Å². The summed E-state index contributed by atoms with van der Waals surface area (Å²) in [5, 5.41) is 0. The minimum Gasteiger partial charge on any atom is -0.306 e. The van der Waals surface area contributed by atoms with Gasteiger partial charge in [0.1, 0.15) is 11.9 Å². The van der Waals surface area contributed by atoms with Gasteiger partial charge in [0, 0.05) is 23.5 Å². The Morgan fingerprint density at radius 1 is 0.762 bits per heavy atom. The fourth-order valence-corrected chi connectivity index (χ4v) is 2.05. The quantitative estimate of drug-likeness (QED) is 0.688. The highest BCUT2D eigenvalue weighted by atomic mass is 16.1. The van der Waals surface area contributed by atoms with Crippen LogP contribution >= 0.6 is 0 Å². The van der Waals surface area contributed by atoms with Crippen molar-refractivity contribution in [3.63, 3.8) is 0 Å². The summed E-state index contributed by atoms with van der Waals surface area (Å²) in [6.07, 6.45) is 9.05. The average Bonchev–Trinajstić information content (AvgIpc) is 2.95. The van der Waals surface area contributed by atoms with Crippen molar-refractivity contribution in [2.75, 3.05) is 0 Å². The number of hydrogen-bond donors (Lipinski definition) is 0. The number of carbonyl (C=O) groups is 2. The van der Waals surface area contributed by atoms with Crippen LogP contribution in [-0.4, -0.2) is 22.0 Å². The number of imidazole rings is 1. The Hall–Kier alpha value is -3.01. The van der Waals surface area contributed by atoms with Crippen LogP contribution in [0.4, 0.5) is 0 Å². The number of carbonyl (C=O) groups excluding carboxylic acids is 2. The summed E-state index contributed by atoms with van der Waals surface area (Å²) in [7, 11) is 0. The van der Waals surface area contributed by atoms with Gasteiger partial charge >= 0.3 is 0 Å². The van der Waals surface area contributed by atoms with Crippen LogP contribution in [-0.2, 0) is 0 Å². The Bertz CT molecular complexity index is 830. The van der Waals surface area contributed by atoms with E-state index in [0.29, 0.717) is 11.1 Å². The van der Waals surface area contributed by atoms with E-state index in [1.807, 2.05) is 34.9 Å². The summed E-state index contributed by atoms with van der Waals surface area (Å²) in [4.78, 5) is 25.8. The summed E-state index contributed by atoms with van der Waals surface area (Å²) >= 11 is 0. The first kappa shape index (κ1) is 13.0. The van der Waals surface area contributed by atoms with Gasteiger partial charge in [0.2, 0.25) is 0 Å². The molecule has 0 aliphatic carbocycles. The lowest BCUT2D eigenvalue weighted by molar-refractivity contribution is 0.111. The molecule has 0 saturated carbocycles. The summed E-state index contributed by atoms with van der Waals surface area (Å²) < 4.78 is 1.82. The van der Waals surface area contributed by atoms with Crippen molar-refractivity contribution < 1.29 is 9.59 Å². The highest BCUT2D eigenvalue weighted by Gasteiger charge is 1.99. The second kappa shape index (κ2) is 5.54. The molecule has 2 aromatic heterocycles. The van der Waals surface area contributed by atoms with Gasteiger partial charge in [-0.3, -0.25) is 9.59 Å². The molecule has 0 N–H and O–H groups in total. The molecule has 1 aromatic carbocycles. The molecule has 0 aliphatic rings. The molecular formula is C17H12N2O2. The summed E-state index contributed by atoms with van der Waals surface area (Å²) in [6, 6.07) is 10.8. The molecule has 0 amide bonds. The first-order valence-corrected chi connectivity index (χ1v) is 6.46. The van der Waals surface area contributed by atoms with Crippen LogP contribution in [0.1, 0.15) is 32.0 Å². The van der Waals surface area contributed by atoms with Gasteiger partial charge in [-0.15, -0.1) is 0 Å². The maximum Gasteiger partial charge on any atom is 0.151 e. The molecule has 21 heavy (non-hydrogen) atoms. The maximum absolute atomic E-state index is 10.7. The second-order valence-corrected chi connectivity index (χ2v) is 4.63. The first-order valence-electron chi connectivity index (χ1n) is 6.46. The second-order valence-electron chi connectivity index (χ2n) is 4.63. The molecule has 0 fully saturated rings. The molecule has 0 spiro atoms. The van der Waals surface area contributed by atoms with Gasteiger partial charge in [-0.05, 0) is 23.8 Å². The van der Waals surface area contributed by atoms with Crippen molar-refractivity contribution in [2.24, 2.45) is 0 Å². The van der Waals surface area contributed by atoms with Crippen molar-refractivity contribution in [3.8, 4) is 0 Å². The van der Waals surface area contributed by atoms with Crippen molar-refractivity contribution in [2.45, 2.75) is 0 Å². The molecule has 4 nitrogen and oxygen atoms in total. The van der Waals surface area contributed by atoms with Gasteiger partial charge < -0.3 is 4.40 Å². The number of hydrogen-bond acceptors (Lipinski definition) is 3. The van der Waals surface area contributed by atoms with Crippen LogP contribution in [0.2, 0.25) is 0 Å². The van der Waals surface area contributed by atoms with Crippen molar-refractivity contribution in [1.82, 2.24) is 9.38 Å². The number of pyridine rings is 1. The fourth-order valence-electron chi connectivity index (χ4n) is 2.05. The molecule has 0 aliphatic heterocycles. The number of fused-ring (bicyclic) bond motifs is 1. The third-order valence-electron chi connectivity index (χ3n) is 3.15. The molecule has 0 unspecified atom stereocenters. The summed E-state index contributed by atoms with van der Waals surface area (Å²) in [6.45, 7) is 0. The minimum absolute atomic E-state index is 0.611.